The van der Waals surface area contributed by atoms with Gasteiger partial charge < -0.3 is 15.0 Å². The van der Waals surface area contributed by atoms with Gasteiger partial charge in [0, 0.05) is 18.4 Å². The molecule has 0 bridgehead atoms. The molecule has 0 unspecified atom stereocenters. The molecule has 3 aromatic heterocycles. The molecule has 2 fully saturated rings. The van der Waals surface area contributed by atoms with Gasteiger partial charge in [0.15, 0.2) is 5.65 Å². The van der Waals surface area contributed by atoms with Crippen LogP contribution in [0.1, 0.15) is 6.42 Å². The van der Waals surface area contributed by atoms with Gasteiger partial charge in [0.25, 0.3) is 5.92 Å². The standard InChI is InChI=1S/C16H17F3N8O/c17-10-5-28-2-1-11(10)23-15-24-14-13(26-6-16(18,19)7-26)12(9-3-21-22-4-9)20-8-27(14)25-15/h3-4,8,10-11H,1-2,5-7H2,(H,21,22)(H,23,25)/t10-,11+/m1/s1. The van der Waals surface area contributed by atoms with Gasteiger partial charge in [0.2, 0.25) is 5.95 Å². The third kappa shape index (κ3) is 2.93. The zero-order chi connectivity index (χ0) is 19.3. The Kier molecular flexibility index (Phi) is 3.89. The van der Waals surface area contributed by atoms with Crippen LogP contribution in [0, 0.1) is 0 Å². The minimum atomic E-state index is -2.76. The lowest BCUT2D eigenvalue weighted by atomic mass is 10.1. The number of fused-ring (bicyclic) bond motifs is 1. The Morgan fingerprint density at radius 3 is 2.89 bits per heavy atom. The molecule has 12 heteroatoms. The number of aromatic amines is 1. The number of aromatic nitrogens is 6. The molecule has 0 aliphatic carbocycles. The predicted octanol–water partition coefficient (Wildman–Crippen LogP) is 1.51. The van der Waals surface area contributed by atoms with E-state index < -0.39 is 31.2 Å². The normalized spacial score (nSPS) is 24.3. The fourth-order valence-corrected chi connectivity index (χ4v) is 3.49. The Bertz CT molecular complexity index is 983. The second-order valence-corrected chi connectivity index (χ2v) is 6.97. The van der Waals surface area contributed by atoms with Gasteiger partial charge in [-0.2, -0.15) is 14.6 Å². The third-order valence-corrected chi connectivity index (χ3v) is 4.90. The van der Waals surface area contributed by atoms with E-state index in [1.54, 1.807) is 12.4 Å². The summed E-state index contributed by atoms with van der Waals surface area (Å²) >= 11 is 0. The van der Waals surface area contributed by atoms with Crippen molar-refractivity contribution in [1.82, 2.24) is 29.8 Å². The van der Waals surface area contributed by atoms with E-state index in [0.717, 1.165) is 0 Å². The van der Waals surface area contributed by atoms with Crippen LogP contribution in [0.2, 0.25) is 0 Å². The first-order valence-corrected chi connectivity index (χ1v) is 8.86. The van der Waals surface area contributed by atoms with Crippen molar-refractivity contribution in [3.63, 3.8) is 0 Å². The highest BCUT2D eigenvalue weighted by Gasteiger charge is 2.46. The van der Waals surface area contributed by atoms with Gasteiger partial charge in [-0.15, -0.1) is 5.10 Å². The lowest BCUT2D eigenvalue weighted by Gasteiger charge is -2.40. The number of hydrogen-bond acceptors (Lipinski definition) is 7. The predicted molar refractivity (Wildman–Crippen MR) is 93.3 cm³/mol. The second-order valence-electron chi connectivity index (χ2n) is 6.97. The molecule has 148 valence electrons. The van der Waals surface area contributed by atoms with Crippen LogP contribution in [-0.2, 0) is 4.74 Å². The summed E-state index contributed by atoms with van der Waals surface area (Å²) in [6.07, 6.45) is 3.96. The molecule has 3 aromatic rings. The first-order valence-electron chi connectivity index (χ1n) is 8.86. The van der Waals surface area contributed by atoms with Crippen LogP contribution >= 0.6 is 0 Å². The number of hydrogen-bond donors (Lipinski definition) is 2. The Morgan fingerprint density at radius 2 is 2.18 bits per heavy atom. The Morgan fingerprint density at radius 1 is 1.32 bits per heavy atom. The average molecular weight is 394 g/mol. The lowest BCUT2D eigenvalue weighted by molar-refractivity contribution is -0.0261. The molecule has 2 aliphatic rings. The molecule has 0 radical (unpaired) electrons. The van der Waals surface area contributed by atoms with Crippen LogP contribution in [0.15, 0.2) is 18.7 Å². The number of H-pyrrole nitrogens is 1. The maximum Gasteiger partial charge on any atom is 0.282 e. The molecule has 0 spiro atoms. The van der Waals surface area contributed by atoms with Crippen LogP contribution in [0.3, 0.4) is 0 Å². The maximum atomic E-state index is 14.0. The van der Waals surface area contributed by atoms with E-state index in [2.05, 4.69) is 30.6 Å². The Balaban J connectivity index is 1.54. The minimum Gasteiger partial charge on any atom is -0.378 e. The van der Waals surface area contributed by atoms with Crippen molar-refractivity contribution >= 4 is 17.3 Å². The van der Waals surface area contributed by atoms with Gasteiger partial charge in [-0.3, -0.25) is 5.10 Å². The number of rotatable bonds is 4. The van der Waals surface area contributed by atoms with Gasteiger partial charge in [0.05, 0.1) is 31.9 Å². The summed E-state index contributed by atoms with van der Waals surface area (Å²) in [7, 11) is 0. The molecule has 2 aliphatic heterocycles. The van der Waals surface area contributed by atoms with Crippen molar-refractivity contribution in [1.29, 1.82) is 0 Å². The summed E-state index contributed by atoms with van der Waals surface area (Å²) in [4.78, 5) is 10.3. The van der Waals surface area contributed by atoms with Gasteiger partial charge >= 0.3 is 0 Å². The largest absolute Gasteiger partial charge is 0.378 e. The van der Waals surface area contributed by atoms with Gasteiger partial charge in [-0.25, -0.2) is 18.2 Å². The van der Waals surface area contributed by atoms with Crippen LogP contribution in [-0.4, -0.2) is 74.2 Å². The van der Waals surface area contributed by atoms with E-state index in [4.69, 9.17) is 4.74 Å². The van der Waals surface area contributed by atoms with Crippen molar-refractivity contribution in [3.8, 4) is 11.3 Å². The smallest absolute Gasteiger partial charge is 0.282 e. The monoisotopic (exact) mass is 394 g/mol. The van der Waals surface area contributed by atoms with Crippen molar-refractivity contribution in [3.05, 3.63) is 18.7 Å². The lowest BCUT2D eigenvalue weighted by Crippen LogP contribution is -2.56. The zero-order valence-electron chi connectivity index (χ0n) is 14.6. The van der Waals surface area contributed by atoms with Gasteiger partial charge in [0.1, 0.15) is 23.9 Å². The van der Waals surface area contributed by atoms with Crippen LogP contribution in [0.25, 0.3) is 16.9 Å². The van der Waals surface area contributed by atoms with Gasteiger partial charge in [-0.1, -0.05) is 0 Å². The van der Waals surface area contributed by atoms with E-state index >= 15 is 0 Å². The van der Waals surface area contributed by atoms with E-state index in [-0.39, 0.29) is 12.6 Å². The molecule has 0 aromatic carbocycles. The van der Waals surface area contributed by atoms with E-state index in [1.807, 2.05) is 0 Å². The molecule has 2 atom stereocenters. The van der Waals surface area contributed by atoms with Gasteiger partial charge in [-0.05, 0) is 6.42 Å². The maximum absolute atomic E-state index is 14.0. The zero-order valence-corrected chi connectivity index (χ0v) is 14.6. The minimum absolute atomic E-state index is 0.0192. The molecule has 5 rings (SSSR count). The average Bonchev–Trinajstić information content (AvgIpc) is 3.30. The number of nitrogens with one attached hydrogen (secondary N) is 2. The molecule has 0 saturated carbocycles. The quantitative estimate of drug-likeness (QED) is 0.692. The molecular formula is C16H17F3N8O. The number of halogens is 3. The first-order chi connectivity index (χ1) is 13.5. The second kappa shape index (κ2) is 6.33. The molecule has 28 heavy (non-hydrogen) atoms. The molecule has 0 amide bonds. The third-order valence-electron chi connectivity index (χ3n) is 4.90. The topological polar surface area (TPSA) is 96.3 Å². The fourth-order valence-electron chi connectivity index (χ4n) is 3.49. The molecular weight excluding hydrogens is 377 g/mol. The Labute approximate surface area is 156 Å². The van der Waals surface area contributed by atoms with Crippen molar-refractivity contribution in [2.45, 2.75) is 24.6 Å². The molecule has 2 N–H and O–H groups in total. The number of anilines is 2. The Hall–Kier alpha value is -2.89. The first kappa shape index (κ1) is 17.2. The number of alkyl halides is 3. The summed E-state index contributed by atoms with van der Waals surface area (Å²) in [6, 6.07) is -0.468. The van der Waals surface area contributed by atoms with Crippen molar-refractivity contribution in [2.75, 3.05) is 36.5 Å². The van der Waals surface area contributed by atoms with E-state index in [1.165, 1.54) is 15.7 Å². The summed E-state index contributed by atoms with van der Waals surface area (Å²) in [5.41, 5.74) is 1.94. The van der Waals surface area contributed by atoms with Crippen molar-refractivity contribution < 1.29 is 17.9 Å². The molecule has 2 saturated heterocycles. The highest BCUT2D eigenvalue weighted by molar-refractivity contribution is 5.85. The summed E-state index contributed by atoms with van der Waals surface area (Å²) in [5.74, 6) is -2.54. The SMILES string of the molecule is F[C@@H]1COCC[C@@H]1Nc1nc2c(N3CC(F)(F)C3)c(-c3cn[nH]c3)ncn2n1. The van der Waals surface area contributed by atoms with Crippen LogP contribution < -0.4 is 10.2 Å². The highest BCUT2D eigenvalue weighted by atomic mass is 19.3. The van der Waals surface area contributed by atoms with Crippen LogP contribution in [0.4, 0.5) is 24.8 Å². The highest BCUT2D eigenvalue weighted by Crippen LogP contribution is 2.39. The molecule has 5 heterocycles. The van der Waals surface area contributed by atoms with E-state index in [0.29, 0.717) is 35.6 Å². The molecule has 9 nitrogen and oxygen atoms in total. The number of nitrogens with zero attached hydrogens (tertiary/aromatic N) is 6. The summed E-state index contributed by atoms with van der Waals surface area (Å²) in [5, 5.41) is 13.9. The van der Waals surface area contributed by atoms with Crippen LogP contribution in [0.5, 0.6) is 0 Å². The fraction of sp³-hybridized carbons (Fsp3) is 0.500. The van der Waals surface area contributed by atoms with E-state index in [9.17, 15) is 13.2 Å². The van der Waals surface area contributed by atoms with Crippen molar-refractivity contribution in [2.24, 2.45) is 0 Å². The summed E-state index contributed by atoms with van der Waals surface area (Å²) in [6.45, 7) is -0.389. The summed E-state index contributed by atoms with van der Waals surface area (Å²) < 4.78 is 47.6. The number of ether oxygens (including phenoxy) is 1.